The first-order valence-electron chi connectivity index (χ1n) is 8.19. The van der Waals surface area contributed by atoms with Gasteiger partial charge in [0.15, 0.2) is 5.96 Å². The number of halogens is 1. The molecule has 24 heavy (non-hydrogen) atoms. The molecule has 0 aliphatic rings. The van der Waals surface area contributed by atoms with Crippen LogP contribution in [0.5, 0.6) is 0 Å². The molecule has 6 nitrogen and oxygen atoms in total. The van der Waals surface area contributed by atoms with Crippen molar-refractivity contribution in [1.29, 1.82) is 0 Å². The van der Waals surface area contributed by atoms with Gasteiger partial charge in [0.05, 0.1) is 12.2 Å². The number of imidazole rings is 1. The zero-order valence-corrected chi connectivity index (χ0v) is 16.7. The van der Waals surface area contributed by atoms with Crippen molar-refractivity contribution in [2.45, 2.75) is 39.8 Å². The highest BCUT2D eigenvalue weighted by atomic mass is 127. The number of hydrogen-bond donors (Lipinski definition) is 2. The molecule has 0 fully saturated rings. The smallest absolute Gasteiger partial charge is 0.191 e. The molecule has 0 aromatic carbocycles. The van der Waals surface area contributed by atoms with Gasteiger partial charge in [-0.15, -0.1) is 24.0 Å². The van der Waals surface area contributed by atoms with Crippen LogP contribution in [0.3, 0.4) is 0 Å². The van der Waals surface area contributed by atoms with Gasteiger partial charge in [-0.3, -0.25) is 4.98 Å². The van der Waals surface area contributed by atoms with Crippen molar-refractivity contribution >= 4 is 29.9 Å². The second-order valence-corrected chi connectivity index (χ2v) is 5.32. The monoisotopic (exact) mass is 442 g/mol. The number of pyridine rings is 1. The van der Waals surface area contributed by atoms with Gasteiger partial charge in [-0.05, 0) is 38.8 Å². The Morgan fingerprint density at radius 3 is 2.71 bits per heavy atom. The second-order valence-electron chi connectivity index (χ2n) is 5.32. The molecule has 2 rings (SSSR count). The normalized spacial score (nSPS) is 11.0. The summed E-state index contributed by atoms with van der Waals surface area (Å²) in [4.78, 5) is 13.1. The summed E-state index contributed by atoms with van der Waals surface area (Å²) in [6.07, 6.45) is 7.88. The number of nitrogens with zero attached hydrogens (tertiary/aromatic N) is 4. The van der Waals surface area contributed by atoms with E-state index in [1.165, 1.54) is 0 Å². The van der Waals surface area contributed by atoms with Crippen LogP contribution in [0.25, 0.3) is 0 Å². The first-order valence-corrected chi connectivity index (χ1v) is 8.19. The summed E-state index contributed by atoms with van der Waals surface area (Å²) < 4.78 is 2.18. The highest BCUT2D eigenvalue weighted by Gasteiger charge is 1.99. The fourth-order valence-corrected chi connectivity index (χ4v) is 2.25. The van der Waals surface area contributed by atoms with Crippen molar-refractivity contribution in [3.8, 4) is 0 Å². The topological polar surface area (TPSA) is 67.1 Å². The zero-order chi connectivity index (χ0) is 16.3. The van der Waals surface area contributed by atoms with Gasteiger partial charge in [0.1, 0.15) is 5.82 Å². The van der Waals surface area contributed by atoms with Crippen LogP contribution in [0.15, 0.2) is 41.8 Å². The third-order valence-corrected chi connectivity index (χ3v) is 3.51. The van der Waals surface area contributed by atoms with Crippen LogP contribution in [0.1, 0.15) is 31.3 Å². The highest BCUT2D eigenvalue weighted by molar-refractivity contribution is 14.0. The van der Waals surface area contributed by atoms with Crippen molar-refractivity contribution in [2.24, 2.45) is 4.99 Å². The largest absolute Gasteiger partial charge is 0.357 e. The Balaban J connectivity index is 0.00000288. The number of rotatable bonds is 8. The molecule has 0 atom stereocenters. The minimum atomic E-state index is 0. The molecule has 7 heteroatoms. The Labute approximate surface area is 161 Å². The van der Waals surface area contributed by atoms with E-state index in [9.17, 15) is 0 Å². The van der Waals surface area contributed by atoms with E-state index in [-0.39, 0.29) is 24.0 Å². The van der Waals surface area contributed by atoms with E-state index in [2.05, 4.69) is 37.1 Å². The molecule has 0 unspecified atom stereocenters. The van der Waals surface area contributed by atoms with Crippen LogP contribution in [0, 0.1) is 6.92 Å². The van der Waals surface area contributed by atoms with Gasteiger partial charge in [0.2, 0.25) is 0 Å². The van der Waals surface area contributed by atoms with Gasteiger partial charge in [-0.2, -0.15) is 0 Å². The Hall–Kier alpha value is -1.64. The molecule has 2 N–H and O–H groups in total. The number of aromatic nitrogens is 3. The minimum absolute atomic E-state index is 0. The predicted octanol–water partition coefficient (Wildman–Crippen LogP) is 2.74. The summed E-state index contributed by atoms with van der Waals surface area (Å²) in [5, 5.41) is 6.63. The average molecular weight is 442 g/mol. The first-order chi connectivity index (χ1) is 11.3. The predicted molar refractivity (Wildman–Crippen MR) is 109 cm³/mol. The van der Waals surface area contributed by atoms with Gasteiger partial charge >= 0.3 is 0 Å². The standard InChI is InChI=1S/C17H26N6.HI/c1-3-18-17(22-14-16-8-4-5-9-20-16)21-10-6-7-12-23-13-11-19-15(23)2;/h4-5,8-9,11,13H,3,6-7,10,12,14H2,1-2H3,(H2,18,21,22);1H. The molecular formula is C17H27IN6. The van der Waals surface area contributed by atoms with Gasteiger partial charge in [0, 0.05) is 38.2 Å². The average Bonchev–Trinajstić information content (AvgIpc) is 2.98. The zero-order valence-electron chi connectivity index (χ0n) is 14.4. The molecule has 0 spiro atoms. The Morgan fingerprint density at radius 1 is 1.17 bits per heavy atom. The van der Waals surface area contributed by atoms with Gasteiger partial charge in [-0.1, -0.05) is 6.07 Å². The first kappa shape index (κ1) is 20.4. The summed E-state index contributed by atoms with van der Waals surface area (Å²) >= 11 is 0. The third kappa shape index (κ3) is 7.29. The lowest BCUT2D eigenvalue weighted by Gasteiger charge is -2.11. The number of guanidine groups is 1. The van der Waals surface area contributed by atoms with Crippen molar-refractivity contribution in [3.63, 3.8) is 0 Å². The summed E-state index contributed by atoms with van der Waals surface area (Å²) in [5.41, 5.74) is 0.972. The van der Waals surface area contributed by atoms with Crippen LogP contribution in [-0.4, -0.2) is 33.6 Å². The molecule has 0 bridgehead atoms. The van der Waals surface area contributed by atoms with Crippen LogP contribution in [0.2, 0.25) is 0 Å². The molecule has 0 saturated carbocycles. The lowest BCUT2D eigenvalue weighted by atomic mass is 10.3. The molecule has 0 aliphatic carbocycles. The van der Waals surface area contributed by atoms with Crippen molar-refractivity contribution in [1.82, 2.24) is 25.2 Å². The summed E-state index contributed by atoms with van der Waals surface area (Å²) in [6.45, 7) is 7.45. The van der Waals surface area contributed by atoms with Gasteiger partial charge in [-0.25, -0.2) is 9.98 Å². The molecule has 2 heterocycles. The summed E-state index contributed by atoms with van der Waals surface area (Å²) in [6, 6.07) is 5.88. The van der Waals surface area contributed by atoms with E-state index < -0.39 is 0 Å². The van der Waals surface area contributed by atoms with E-state index in [0.717, 1.165) is 50.0 Å². The van der Waals surface area contributed by atoms with Crippen LogP contribution >= 0.6 is 24.0 Å². The van der Waals surface area contributed by atoms with Crippen molar-refractivity contribution in [2.75, 3.05) is 13.1 Å². The molecule has 0 aliphatic heterocycles. The van der Waals surface area contributed by atoms with Crippen LogP contribution in [0.4, 0.5) is 0 Å². The SMILES string of the molecule is CCNC(=NCc1ccccn1)NCCCCn1ccnc1C.I. The third-order valence-electron chi connectivity index (χ3n) is 3.51. The van der Waals surface area contributed by atoms with E-state index >= 15 is 0 Å². The molecular weight excluding hydrogens is 415 g/mol. The number of unbranched alkanes of at least 4 members (excludes halogenated alkanes) is 1. The van der Waals surface area contributed by atoms with Crippen LogP contribution < -0.4 is 10.6 Å². The fraction of sp³-hybridized carbons (Fsp3) is 0.471. The Bertz CT molecular complexity index is 596. The highest BCUT2D eigenvalue weighted by Crippen LogP contribution is 1.99. The van der Waals surface area contributed by atoms with Crippen molar-refractivity contribution < 1.29 is 0 Å². The molecule has 2 aromatic heterocycles. The number of aliphatic imine (C=N–C) groups is 1. The summed E-state index contributed by atoms with van der Waals surface area (Å²) in [5.74, 6) is 1.92. The number of nitrogens with one attached hydrogen (secondary N) is 2. The summed E-state index contributed by atoms with van der Waals surface area (Å²) in [7, 11) is 0. The lowest BCUT2D eigenvalue weighted by molar-refractivity contribution is 0.588. The quantitative estimate of drug-likeness (QED) is 0.286. The lowest BCUT2D eigenvalue weighted by Crippen LogP contribution is -2.37. The van der Waals surface area contributed by atoms with E-state index in [0.29, 0.717) is 6.54 Å². The fourth-order valence-electron chi connectivity index (χ4n) is 2.25. The molecule has 0 saturated heterocycles. The van der Waals surface area contributed by atoms with E-state index in [1.807, 2.05) is 37.5 Å². The van der Waals surface area contributed by atoms with Crippen LogP contribution in [-0.2, 0) is 13.1 Å². The van der Waals surface area contributed by atoms with Gasteiger partial charge < -0.3 is 15.2 Å². The van der Waals surface area contributed by atoms with E-state index in [4.69, 9.17) is 0 Å². The maximum Gasteiger partial charge on any atom is 0.191 e. The Kier molecular flexibility index (Phi) is 10.1. The molecule has 2 aromatic rings. The maximum atomic E-state index is 4.56. The number of aryl methyl sites for hydroxylation is 2. The van der Waals surface area contributed by atoms with Gasteiger partial charge in [0.25, 0.3) is 0 Å². The molecule has 132 valence electrons. The number of hydrogen-bond acceptors (Lipinski definition) is 3. The second kappa shape index (κ2) is 11.8. The Morgan fingerprint density at radius 2 is 2.04 bits per heavy atom. The minimum Gasteiger partial charge on any atom is -0.357 e. The molecule has 0 amide bonds. The van der Waals surface area contributed by atoms with Crippen molar-refractivity contribution in [3.05, 3.63) is 48.3 Å². The maximum absolute atomic E-state index is 4.56. The molecule has 0 radical (unpaired) electrons. The van der Waals surface area contributed by atoms with E-state index in [1.54, 1.807) is 6.20 Å².